The molecule has 0 radical (unpaired) electrons. The third-order valence-corrected chi connectivity index (χ3v) is 7.88. The predicted octanol–water partition coefficient (Wildman–Crippen LogP) is 4.60. The molecular weight excluding hydrogens is 402 g/mol. The molecule has 5 heteroatoms. The molecule has 0 saturated carbocycles. The van der Waals surface area contributed by atoms with E-state index in [1.165, 1.54) is 12.5 Å². The molecule has 0 aromatic heterocycles. The summed E-state index contributed by atoms with van der Waals surface area (Å²) in [6.07, 6.45) is 6.98. The lowest BCUT2D eigenvalue weighted by Crippen LogP contribution is -2.54. The molecule has 0 bridgehead atoms. The molecule has 3 rings (SSSR count). The second-order valence-electron chi connectivity index (χ2n) is 10.9. The van der Waals surface area contributed by atoms with Gasteiger partial charge in [-0.1, -0.05) is 44.1 Å². The molecule has 1 N–H and O–H groups in total. The van der Waals surface area contributed by atoms with Crippen molar-refractivity contribution < 1.29 is 19.2 Å². The number of ketones is 3. The Morgan fingerprint density at radius 2 is 1.84 bits per heavy atom. The van der Waals surface area contributed by atoms with Gasteiger partial charge in [-0.25, -0.2) is 0 Å². The average Bonchev–Trinajstić information content (AvgIpc) is 2.95. The summed E-state index contributed by atoms with van der Waals surface area (Å²) in [5.41, 5.74) is 1.05. The topological polar surface area (TPSA) is 80.3 Å². The van der Waals surface area contributed by atoms with Gasteiger partial charge >= 0.3 is 0 Å². The van der Waals surface area contributed by atoms with Gasteiger partial charge in [-0.05, 0) is 51.9 Å². The monoisotopic (exact) mass is 441 g/mol. The van der Waals surface area contributed by atoms with Crippen LogP contribution in [-0.4, -0.2) is 29.3 Å². The molecule has 2 aliphatic carbocycles. The van der Waals surface area contributed by atoms with Gasteiger partial charge in [0.1, 0.15) is 17.0 Å². The summed E-state index contributed by atoms with van der Waals surface area (Å²) in [5, 5.41) is 3.21. The fraction of sp³-hybridized carbons (Fsp3) is 0.704. The van der Waals surface area contributed by atoms with Crippen LogP contribution in [0.25, 0.3) is 0 Å². The summed E-state index contributed by atoms with van der Waals surface area (Å²) in [6.45, 7) is 12.0. The Morgan fingerprint density at radius 1 is 1.16 bits per heavy atom. The average molecular weight is 442 g/mol. The Kier molecular flexibility index (Phi) is 7.26. The number of carbonyl (C=O) groups is 4. The van der Waals surface area contributed by atoms with Crippen molar-refractivity contribution >= 4 is 23.3 Å². The molecule has 1 fully saturated rings. The summed E-state index contributed by atoms with van der Waals surface area (Å²) in [7, 11) is 0. The van der Waals surface area contributed by atoms with Gasteiger partial charge in [-0.2, -0.15) is 0 Å². The van der Waals surface area contributed by atoms with Gasteiger partial charge in [0, 0.05) is 43.1 Å². The zero-order valence-corrected chi connectivity index (χ0v) is 20.5. The highest BCUT2D eigenvalue weighted by Crippen LogP contribution is 2.56. The zero-order chi connectivity index (χ0) is 23.8. The lowest BCUT2D eigenvalue weighted by Gasteiger charge is -2.46. The van der Waals surface area contributed by atoms with Crippen molar-refractivity contribution in [3.05, 3.63) is 23.3 Å². The highest BCUT2D eigenvalue weighted by Gasteiger charge is 2.66. The largest absolute Gasteiger partial charge is 0.352 e. The lowest BCUT2D eigenvalue weighted by atomic mass is 9.53. The van der Waals surface area contributed by atoms with Crippen molar-refractivity contribution in [3.8, 4) is 0 Å². The van der Waals surface area contributed by atoms with Crippen molar-refractivity contribution in [3.63, 3.8) is 0 Å². The number of hydrogen-bond donors (Lipinski definition) is 1. The van der Waals surface area contributed by atoms with E-state index in [0.29, 0.717) is 12.3 Å². The molecule has 1 aliphatic heterocycles. The third kappa shape index (κ3) is 4.40. The van der Waals surface area contributed by atoms with Crippen LogP contribution in [0.1, 0.15) is 80.1 Å². The van der Waals surface area contributed by atoms with Crippen molar-refractivity contribution in [1.82, 2.24) is 5.32 Å². The van der Waals surface area contributed by atoms with E-state index in [1.54, 1.807) is 0 Å². The van der Waals surface area contributed by atoms with Gasteiger partial charge in [0.2, 0.25) is 5.91 Å². The first kappa shape index (κ1) is 24.6. The zero-order valence-electron chi connectivity index (χ0n) is 20.5. The summed E-state index contributed by atoms with van der Waals surface area (Å²) < 4.78 is 0. The van der Waals surface area contributed by atoms with Crippen LogP contribution in [-0.2, 0) is 19.2 Å². The van der Waals surface area contributed by atoms with Gasteiger partial charge in [0.25, 0.3) is 0 Å². The molecule has 3 aliphatic rings. The minimum absolute atomic E-state index is 0.0107. The molecule has 176 valence electrons. The second-order valence-corrected chi connectivity index (χ2v) is 10.9. The van der Waals surface area contributed by atoms with E-state index in [9.17, 15) is 19.2 Å². The van der Waals surface area contributed by atoms with Crippen LogP contribution in [0.5, 0.6) is 0 Å². The minimum atomic E-state index is -1.26. The normalized spacial score (nSPS) is 37.6. The number of Topliss-reactive ketones (excluding diaryl/α,β-unsaturated/α-hetero) is 3. The molecule has 0 aromatic carbocycles. The number of rotatable bonds is 4. The number of nitrogens with one attached hydrogen (secondary N) is 1. The number of allylic oxidation sites excluding steroid dienone is 4. The number of carbonyl (C=O) groups excluding carboxylic acids is 4. The Hall–Kier alpha value is -2.04. The van der Waals surface area contributed by atoms with Crippen molar-refractivity contribution in [1.29, 1.82) is 0 Å². The molecule has 1 unspecified atom stereocenters. The van der Waals surface area contributed by atoms with E-state index in [1.807, 2.05) is 6.92 Å². The van der Waals surface area contributed by atoms with E-state index in [4.69, 9.17) is 0 Å². The Labute approximate surface area is 192 Å². The van der Waals surface area contributed by atoms with Gasteiger partial charge in [-0.3, -0.25) is 14.4 Å². The molecule has 6 atom stereocenters. The van der Waals surface area contributed by atoms with Crippen LogP contribution in [0, 0.1) is 35.0 Å². The van der Waals surface area contributed by atoms with Crippen LogP contribution in [0.3, 0.4) is 0 Å². The second kappa shape index (κ2) is 9.44. The molecule has 1 spiro atoms. The van der Waals surface area contributed by atoms with Crippen molar-refractivity contribution in [2.24, 2.45) is 35.0 Å². The SMILES string of the molecule is CC(=O)CC1CC(=O)CCC/C(C)=C/[C@H]2C=C(C)[C@@H](C)[C@H]3[C@H](CC(C)C)NC(=O)[C@@]32C1=O. The molecule has 0 aromatic rings. The highest BCUT2D eigenvalue weighted by atomic mass is 16.2. The van der Waals surface area contributed by atoms with Gasteiger partial charge < -0.3 is 10.1 Å². The Morgan fingerprint density at radius 3 is 2.47 bits per heavy atom. The van der Waals surface area contributed by atoms with Crippen LogP contribution in [0.2, 0.25) is 0 Å². The highest BCUT2D eigenvalue weighted by molar-refractivity contribution is 6.11. The van der Waals surface area contributed by atoms with Gasteiger partial charge in [0.05, 0.1) is 0 Å². The fourth-order valence-corrected chi connectivity index (χ4v) is 6.42. The third-order valence-electron chi connectivity index (χ3n) is 7.88. The first-order valence-electron chi connectivity index (χ1n) is 12.2. The molecule has 1 heterocycles. The first-order valence-corrected chi connectivity index (χ1v) is 12.2. The van der Waals surface area contributed by atoms with E-state index < -0.39 is 11.3 Å². The lowest BCUT2D eigenvalue weighted by molar-refractivity contribution is -0.150. The smallest absolute Gasteiger partial charge is 0.235 e. The van der Waals surface area contributed by atoms with E-state index >= 15 is 0 Å². The molecule has 32 heavy (non-hydrogen) atoms. The van der Waals surface area contributed by atoms with E-state index in [2.05, 4.69) is 45.2 Å². The Balaban J connectivity index is 2.24. The minimum Gasteiger partial charge on any atom is -0.352 e. The fourth-order valence-electron chi connectivity index (χ4n) is 6.42. The molecule has 5 nitrogen and oxygen atoms in total. The summed E-state index contributed by atoms with van der Waals surface area (Å²) >= 11 is 0. The maximum absolute atomic E-state index is 14.4. The van der Waals surface area contributed by atoms with E-state index in [0.717, 1.165) is 24.8 Å². The predicted molar refractivity (Wildman–Crippen MR) is 125 cm³/mol. The van der Waals surface area contributed by atoms with Gasteiger partial charge in [0.15, 0.2) is 5.78 Å². The van der Waals surface area contributed by atoms with Crippen LogP contribution >= 0.6 is 0 Å². The summed E-state index contributed by atoms with van der Waals surface area (Å²) in [4.78, 5) is 53.0. The maximum Gasteiger partial charge on any atom is 0.235 e. The van der Waals surface area contributed by atoms with E-state index in [-0.39, 0.29) is 59.9 Å². The number of hydrogen-bond acceptors (Lipinski definition) is 4. The van der Waals surface area contributed by atoms with Crippen molar-refractivity contribution in [2.45, 2.75) is 86.1 Å². The van der Waals surface area contributed by atoms with Crippen LogP contribution in [0.15, 0.2) is 23.3 Å². The number of amides is 1. The molecule has 1 amide bonds. The van der Waals surface area contributed by atoms with Crippen LogP contribution < -0.4 is 5.32 Å². The van der Waals surface area contributed by atoms with Crippen molar-refractivity contribution in [2.75, 3.05) is 0 Å². The summed E-state index contributed by atoms with van der Waals surface area (Å²) in [6, 6.07) is -0.0971. The van der Waals surface area contributed by atoms with Gasteiger partial charge in [-0.15, -0.1) is 0 Å². The molecular formula is C27H39NO4. The standard InChI is InChI=1S/C27H39NO4/c1-15(2)10-23-24-19(6)17(4)12-21-11-16(3)8-7-9-22(30)14-20(13-18(5)29)25(31)27(21,24)26(32)28-23/h11-12,15,19-21,23-24H,7-10,13-14H2,1-6H3,(H,28,32)/b16-11+/t19-,20?,21+,23+,24+,27-/m1/s1. The first-order chi connectivity index (χ1) is 15.0. The summed E-state index contributed by atoms with van der Waals surface area (Å²) in [5.74, 6) is -1.37. The quantitative estimate of drug-likeness (QED) is 0.511. The maximum atomic E-state index is 14.4. The Bertz CT molecular complexity index is 867. The van der Waals surface area contributed by atoms with Crippen LogP contribution in [0.4, 0.5) is 0 Å². The molecule has 1 saturated heterocycles.